The molecule has 0 fully saturated rings. The van der Waals surface area contributed by atoms with Crippen LogP contribution in [0.5, 0.6) is 0 Å². The molecule has 3 rings (SSSR count). The summed E-state index contributed by atoms with van der Waals surface area (Å²) in [4.78, 5) is 14.4. The minimum Gasteiger partial charge on any atom is -0.351 e. The first-order valence-corrected chi connectivity index (χ1v) is 8.45. The van der Waals surface area contributed by atoms with Crippen LogP contribution in [0.15, 0.2) is 46.9 Å². The summed E-state index contributed by atoms with van der Waals surface area (Å²) < 4.78 is 14.4. The summed E-state index contributed by atoms with van der Waals surface area (Å²) in [6, 6.07) is 12.8. The van der Waals surface area contributed by atoms with E-state index in [0.29, 0.717) is 11.0 Å². The highest BCUT2D eigenvalue weighted by Gasteiger charge is 2.16. The van der Waals surface area contributed by atoms with Crippen molar-refractivity contribution in [3.8, 4) is 0 Å². The standard InChI is InChI=1S/C18H18BrFN2O/c19-15-5-6-17(20)16(11-15)18(23)21-8-10-22-9-7-13-3-1-2-4-14(13)12-22/h1-6,11H,7-10,12H2,(H,21,23). The Hall–Kier alpha value is -1.72. The number of carbonyl (C=O) groups is 1. The molecule has 23 heavy (non-hydrogen) atoms. The molecule has 3 nitrogen and oxygen atoms in total. The first-order chi connectivity index (χ1) is 11.1. The second-order valence-corrected chi connectivity index (χ2v) is 6.59. The van der Waals surface area contributed by atoms with Crippen LogP contribution in [0.4, 0.5) is 4.39 Å². The van der Waals surface area contributed by atoms with Gasteiger partial charge in [0, 0.05) is 30.7 Å². The van der Waals surface area contributed by atoms with E-state index in [9.17, 15) is 9.18 Å². The molecule has 1 aliphatic heterocycles. The molecule has 0 saturated heterocycles. The van der Waals surface area contributed by atoms with Gasteiger partial charge in [-0.05, 0) is 35.7 Å². The van der Waals surface area contributed by atoms with Gasteiger partial charge < -0.3 is 5.32 Å². The van der Waals surface area contributed by atoms with Crippen LogP contribution >= 0.6 is 15.9 Å². The van der Waals surface area contributed by atoms with Crippen molar-refractivity contribution in [3.63, 3.8) is 0 Å². The number of fused-ring (bicyclic) bond motifs is 1. The molecule has 0 radical (unpaired) electrons. The van der Waals surface area contributed by atoms with Crippen LogP contribution in [0.1, 0.15) is 21.5 Å². The zero-order valence-corrected chi connectivity index (χ0v) is 14.3. The van der Waals surface area contributed by atoms with Gasteiger partial charge in [-0.3, -0.25) is 9.69 Å². The average Bonchev–Trinajstić information content (AvgIpc) is 2.57. The molecule has 0 atom stereocenters. The topological polar surface area (TPSA) is 32.3 Å². The van der Waals surface area contributed by atoms with Crippen molar-refractivity contribution in [1.82, 2.24) is 10.2 Å². The number of nitrogens with one attached hydrogen (secondary N) is 1. The van der Waals surface area contributed by atoms with E-state index in [4.69, 9.17) is 0 Å². The van der Waals surface area contributed by atoms with Gasteiger partial charge >= 0.3 is 0 Å². The fourth-order valence-corrected chi connectivity index (χ4v) is 3.20. The maximum absolute atomic E-state index is 13.7. The van der Waals surface area contributed by atoms with E-state index >= 15 is 0 Å². The number of benzene rings is 2. The Bertz CT molecular complexity index is 720. The number of hydrogen-bond donors (Lipinski definition) is 1. The number of carbonyl (C=O) groups excluding carboxylic acids is 1. The molecule has 0 aromatic heterocycles. The van der Waals surface area contributed by atoms with E-state index in [1.165, 1.54) is 23.3 Å². The van der Waals surface area contributed by atoms with Gasteiger partial charge in [-0.15, -0.1) is 0 Å². The Morgan fingerprint density at radius 2 is 2.00 bits per heavy atom. The molecule has 2 aromatic rings. The first-order valence-electron chi connectivity index (χ1n) is 7.66. The third-order valence-corrected chi connectivity index (χ3v) is 4.59. The predicted molar refractivity (Wildman–Crippen MR) is 91.9 cm³/mol. The molecule has 1 heterocycles. The van der Waals surface area contributed by atoms with Crippen molar-refractivity contribution in [1.29, 1.82) is 0 Å². The minimum atomic E-state index is -0.502. The van der Waals surface area contributed by atoms with Crippen molar-refractivity contribution in [2.45, 2.75) is 13.0 Å². The molecule has 0 unspecified atom stereocenters. The second-order valence-electron chi connectivity index (χ2n) is 5.67. The molecule has 0 bridgehead atoms. The van der Waals surface area contributed by atoms with Crippen LogP contribution in [0.3, 0.4) is 0 Å². The average molecular weight is 377 g/mol. The molecular weight excluding hydrogens is 359 g/mol. The van der Waals surface area contributed by atoms with Crippen LogP contribution in [0, 0.1) is 5.82 Å². The number of amides is 1. The summed E-state index contributed by atoms with van der Waals surface area (Å²) in [5, 5.41) is 2.80. The van der Waals surface area contributed by atoms with Crippen LogP contribution in [-0.4, -0.2) is 30.4 Å². The summed E-state index contributed by atoms with van der Waals surface area (Å²) >= 11 is 3.26. The highest BCUT2D eigenvalue weighted by Crippen LogP contribution is 2.18. The fourth-order valence-electron chi connectivity index (χ4n) is 2.84. The summed E-state index contributed by atoms with van der Waals surface area (Å²) in [5.41, 5.74) is 2.83. The maximum atomic E-state index is 13.7. The first kappa shape index (κ1) is 16.1. The third kappa shape index (κ3) is 3.98. The molecule has 0 aliphatic carbocycles. The van der Waals surface area contributed by atoms with E-state index < -0.39 is 5.82 Å². The van der Waals surface area contributed by atoms with Gasteiger partial charge in [-0.25, -0.2) is 4.39 Å². The zero-order chi connectivity index (χ0) is 16.2. The zero-order valence-electron chi connectivity index (χ0n) is 12.7. The van der Waals surface area contributed by atoms with Crippen molar-refractivity contribution >= 4 is 21.8 Å². The Morgan fingerprint density at radius 3 is 2.83 bits per heavy atom. The molecule has 0 saturated carbocycles. The number of halogens is 2. The quantitative estimate of drug-likeness (QED) is 0.886. The monoisotopic (exact) mass is 376 g/mol. The Labute approximate surface area is 143 Å². The van der Waals surface area contributed by atoms with E-state index in [1.807, 2.05) is 0 Å². The number of rotatable bonds is 4. The van der Waals surface area contributed by atoms with Crippen molar-refractivity contribution < 1.29 is 9.18 Å². The van der Waals surface area contributed by atoms with Crippen molar-refractivity contribution in [2.24, 2.45) is 0 Å². The lowest BCUT2D eigenvalue weighted by atomic mass is 10.00. The van der Waals surface area contributed by atoms with Gasteiger partial charge in [0.05, 0.1) is 5.56 Å². The van der Waals surface area contributed by atoms with Gasteiger partial charge in [0.1, 0.15) is 5.82 Å². The largest absolute Gasteiger partial charge is 0.351 e. The predicted octanol–water partition coefficient (Wildman–Crippen LogP) is 3.38. The van der Waals surface area contributed by atoms with Gasteiger partial charge in [0.25, 0.3) is 5.91 Å². The third-order valence-electron chi connectivity index (χ3n) is 4.10. The van der Waals surface area contributed by atoms with E-state index in [-0.39, 0.29) is 11.5 Å². The summed E-state index contributed by atoms with van der Waals surface area (Å²) in [6.07, 6.45) is 1.03. The van der Waals surface area contributed by atoms with Crippen LogP contribution < -0.4 is 5.32 Å². The van der Waals surface area contributed by atoms with Crippen molar-refractivity contribution in [3.05, 3.63) is 69.4 Å². The second kappa shape index (κ2) is 7.23. The molecule has 1 aliphatic rings. The summed E-state index contributed by atoms with van der Waals surface area (Å²) in [6.45, 7) is 3.15. The van der Waals surface area contributed by atoms with Crippen LogP contribution in [-0.2, 0) is 13.0 Å². The molecule has 1 amide bonds. The molecule has 1 N–H and O–H groups in total. The van der Waals surface area contributed by atoms with Crippen LogP contribution in [0.2, 0.25) is 0 Å². The molecule has 120 valence electrons. The lowest BCUT2D eigenvalue weighted by molar-refractivity contribution is 0.0943. The molecule has 2 aromatic carbocycles. The van der Waals surface area contributed by atoms with Gasteiger partial charge in [0.15, 0.2) is 0 Å². The minimum absolute atomic E-state index is 0.0726. The van der Waals surface area contributed by atoms with Crippen LogP contribution in [0.25, 0.3) is 0 Å². The summed E-state index contributed by atoms with van der Waals surface area (Å²) in [7, 11) is 0. The molecule has 0 spiro atoms. The molecular formula is C18H18BrFN2O. The summed E-state index contributed by atoms with van der Waals surface area (Å²) in [5.74, 6) is -0.876. The normalized spacial score (nSPS) is 14.3. The maximum Gasteiger partial charge on any atom is 0.254 e. The van der Waals surface area contributed by atoms with Gasteiger partial charge in [-0.1, -0.05) is 40.2 Å². The number of hydrogen-bond acceptors (Lipinski definition) is 2. The van der Waals surface area contributed by atoms with Gasteiger partial charge in [-0.2, -0.15) is 0 Å². The highest BCUT2D eigenvalue weighted by molar-refractivity contribution is 9.10. The Morgan fingerprint density at radius 1 is 1.22 bits per heavy atom. The fraction of sp³-hybridized carbons (Fsp3) is 0.278. The van der Waals surface area contributed by atoms with E-state index in [2.05, 4.69) is 50.4 Å². The lowest BCUT2D eigenvalue weighted by Gasteiger charge is -2.28. The van der Waals surface area contributed by atoms with E-state index in [0.717, 1.165) is 26.1 Å². The van der Waals surface area contributed by atoms with Crippen molar-refractivity contribution in [2.75, 3.05) is 19.6 Å². The van der Waals surface area contributed by atoms with E-state index in [1.54, 1.807) is 6.07 Å². The Balaban J connectivity index is 1.52. The smallest absolute Gasteiger partial charge is 0.254 e. The lowest BCUT2D eigenvalue weighted by Crippen LogP contribution is -2.38. The molecule has 5 heteroatoms. The highest BCUT2D eigenvalue weighted by atomic mass is 79.9. The Kier molecular flexibility index (Phi) is 5.08. The SMILES string of the molecule is O=C(NCCN1CCc2ccccc2C1)c1cc(Br)ccc1F. The number of nitrogens with zero attached hydrogens (tertiary/aromatic N) is 1. The van der Waals surface area contributed by atoms with Gasteiger partial charge in [0.2, 0.25) is 0 Å².